The van der Waals surface area contributed by atoms with Crippen molar-refractivity contribution in [1.82, 2.24) is 9.71 Å². The van der Waals surface area contributed by atoms with E-state index >= 15 is 0 Å². The molecule has 0 aliphatic carbocycles. The fraction of sp³-hybridized carbons (Fsp3) is 0.214. The molecule has 112 valence electrons. The molecule has 0 atom stereocenters. The molecule has 2 aromatic rings. The van der Waals surface area contributed by atoms with Crippen molar-refractivity contribution in [1.29, 1.82) is 0 Å². The molecule has 1 aromatic carbocycles. The summed E-state index contributed by atoms with van der Waals surface area (Å²) in [5.74, 6) is 0. The molecule has 3 N–H and O–H groups in total. The Kier molecular flexibility index (Phi) is 5.30. The Bertz CT molecular complexity index is 705. The number of halogens is 1. The number of nitrogens with zero attached hydrogens (tertiary/aromatic N) is 1. The van der Waals surface area contributed by atoms with Crippen LogP contribution in [0.25, 0.3) is 0 Å². The first-order chi connectivity index (χ1) is 10.0. The summed E-state index contributed by atoms with van der Waals surface area (Å²) < 4.78 is 26.9. The molecule has 0 unspecified atom stereocenters. The number of sulfonamides is 1. The number of hydrogen-bond acceptors (Lipinski definition) is 4. The fourth-order valence-corrected chi connectivity index (χ4v) is 3.44. The summed E-state index contributed by atoms with van der Waals surface area (Å²) >= 11 is 6.01. The van der Waals surface area contributed by atoms with Gasteiger partial charge in [-0.1, -0.05) is 17.7 Å². The molecular formula is C14H16ClN3O2S. The number of hydrogen-bond donors (Lipinski definition) is 2. The third-order valence-electron chi connectivity index (χ3n) is 2.98. The first kappa shape index (κ1) is 15.9. The van der Waals surface area contributed by atoms with Crippen LogP contribution in [0.1, 0.15) is 11.1 Å². The predicted molar refractivity (Wildman–Crippen MR) is 82.5 cm³/mol. The second-order valence-corrected chi connectivity index (χ2v) is 6.61. The van der Waals surface area contributed by atoms with Crippen LogP contribution in [0.2, 0.25) is 5.02 Å². The minimum atomic E-state index is -3.62. The summed E-state index contributed by atoms with van der Waals surface area (Å²) in [6.07, 6.45) is 3.93. The molecule has 0 amide bonds. The molecule has 1 aromatic heterocycles. The molecule has 0 saturated heterocycles. The van der Waals surface area contributed by atoms with E-state index in [0.29, 0.717) is 19.5 Å². The van der Waals surface area contributed by atoms with Crippen LogP contribution in [0.5, 0.6) is 0 Å². The zero-order valence-corrected chi connectivity index (χ0v) is 12.9. The molecule has 2 rings (SSSR count). The largest absolute Gasteiger partial charge is 0.326 e. The van der Waals surface area contributed by atoms with E-state index in [4.69, 9.17) is 17.3 Å². The lowest BCUT2D eigenvalue weighted by molar-refractivity contribution is 0.581. The van der Waals surface area contributed by atoms with Gasteiger partial charge < -0.3 is 5.73 Å². The van der Waals surface area contributed by atoms with Crippen LogP contribution in [-0.2, 0) is 23.0 Å². The Balaban J connectivity index is 2.05. The van der Waals surface area contributed by atoms with E-state index in [1.54, 1.807) is 24.5 Å². The number of aromatic nitrogens is 1. The van der Waals surface area contributed by atoms with Gasteiger partial charge in [-0.25, -0.2) is 13.1 Å². The van der Waals surface area contributed by atoms with Gasteiger partial charge in [0.2, 0.25) is 10.0 Å². The van der Waals surface area contributed by atoms with Crippen LogP contribution in [0.15, 0.2) is 47.6 Å². The number of nitrogens with one attached hydrogen (secondary N) is 1. The number of rotatable bonds is 6. The maximum absolute atomic E-state index is 12.2. The van der Waals surface area contributed by atoms with Crippen LogP contribution in [-0.4, -0.2) is 19.9 Å². The van der Waals surface area contributed by atoms with Crippen LogP contribution in [0, 0.1) is 0 Å². The average Bonchev–Trinajstić information content (AvgIpc) is 2.47. The first-order valence-electron chi connectivity index (χ1n) is 6.40. The van der Waals surface area contributed by atoms with Gasteiger partial charge in [0.15, 0.2) is 0 Å². The molecule has 1 heterocycles. The molecule has 0 aliphatic rings. The molecule has 0 spiro atoms. The lowest BCUT2D eigenvalue weighted by atomic mass is 10.2. The Labute approximate surface area is 129 Å². The van der Waals surface area contributed by atoms with Gasteiger partial charge in [-0.3, -0.25) is 4.98 Å². The van der Waals surface area contributed by atoms with Crippen molar-refractivity contribution < 1.29 is 8.42 Å². The zero-order chi connectivity index (χ0) is 15.3. The van der Waals surface area contributed by atoms with Crippen molar-refractivity contribution in [2.45, 2.75) is 17.9 Å². The van der Waals surface area contributed by atoms with Crippen molar-refractivity contribution in [3.8, 4) is 0 Å². The molecule has 5 nitrogen and oxygen atoms in total. The minimum Gasteiger partial charge on any atom is -0.326 e. The van der Waals surface area contributed by atoms with E-state index in [1.165, 1.54) is 6.07 Å². The highest BCUT2D eigenvalue weighted by Gasteiger charge is 2.17. The van der Waals surface area contributed by atoms with Gasteiger partial charge in [0, 0.05) is 25.5 Å². The van der Waals surface area contributed by atoms with E-state index in [1.807, 2.05) is 12.1 Å². The summed E-state index contributed by atoms with van der Waals surface area (Å²) in [6.45, 7) is 0.608. The standard InChI is InChI=1S/C14H16ClN3O2S/c15-13-9-12(10-16)1-2-14(13)21(19,20)18-8-5-11-3-6-17-7-4-11/h1-4,6-7,9,18H,5,8,10,16H2. The van der Waals surface area contributed by atoms with Gasteiger partial charge in [-0.15, -0.1) is 0 Å². The van der Waals surface area contributed by atoms with Crippen molar-refractivity contribution in [3.05, 3.63) is 58.9 Å². The highest BCUT2D eigenvalue weighted by atomic mass is 35.5. The third-order valence-corrected chi connectivity index (χ3v) is 4.92. The first-order valence-corrected chi connectivity index (χ1v) is 8.26. The van der Waals surface area contributed by atoms with E-state index in [0.717, 1.165) is 11.1 Å². The lowest BCUT2D eigenvalue weighted by Crippen LogP contribution is -2.26. The highest BCUT2D eigenvalue weighted by Crippen LogP contribution is 2.22. The normalized spacial score (nSPS) is 11.5. The van der Waals surface area contributed by atoms with Crippen molar-refractivity contribution in [2.75, 3.05) is 6.54 Å². The van der Waals surface area contributed by atoms with Gasteiger partial charge in [0.25, 0.3) is 0 Å². The van der Waals surface area contributed by atoms with Crippen LogP contribution in [0.3, 0.4) is 0 Å². The zero-order valence-electron chi connectivity index (χ0n) is 11.3. The number of benzene rings is 1. The molecule has 0 fully saturated rings. The van der Waals surface area contributed by atoms with Crippen molar-refractivity contribution in [2.24, 2.45) is 5.73 Å². The molecule has 0 saturated carbocycles. The van der Waals surface area contributed by atoms with E-state index in [9.17, 15) is 8.42 Å². The third kappa shape index (κ3) is 4.25. The Morgan fingerprint density at radius 3 is 2.48 bits per heavy atom. The van der Waals surface area contributed by atoms with Gasteiger partial charge in [0.05, 0.1) is 5.02 Å². The quantitative estimate of drug-likeness (QED) is 0.846. The highest BCUT2D eigenvalue weighted by molar-refractivity contribution is 7.89. The molecule has 0 radical (unpaired) electrons. The van der Waals surface area contributed by atoms with Gasteiger partial charge in [-0.2, -0.15) is 0 Å². The molecular weight excluding hydrogens is 310 g/mol. The summed E-state index contributed by atoms with van der Waals surface area (Å²) in [5.41, 5.74) is 7.29. The fourth-order valence-electron chi connectivity index (χ4n) is 1.85. The van der Waals surface area contributed by atoms with Gasteiger partial charge in [-0.05, 0) is 41.8 Å². The van der Waals surface area contributed by atoms with E-state index < -0.39 is 10.0 Å². The van der Waals surface area contributed by atoms with Crippen LogP contribution < -0.4 is 10.5 Å². The SMILES string of the molecule is NCc1ccc(S(=O)(=O)NCCc2ccncc2)c(Cl)c1. The summed E-state index contributed by atoms with van der Waals surface area (Å²) in [4.78, 5) is 3.98. The van der Waals surface area contributed by atoms with E-state index in [2.05, 4.69) is 9.71 Å². The minimum absolute atomic E-state index is 0.0658. The average molecular weight is 326 g/mol. The maximum Gasteiger partial charge on any atom is 0.242 e. The van der Waals surface area contributed by atoms with E-state index in [-0.39, 0.29) is 9.92 Å². The topological polar surface area (TPSA) is 85.1 Å². The van der Waals surface area contributed by atoms with Gasteiger partial charge in [0.1, 0.15) is 4.90 Å². The lowest BCUT2D eigenvalue weighted by Gasteiger charge is -2.09. The van der Waals surface area contributed by atoms with Crippen LogP contribution >= 0.6 is 11.6 Å². The molecule has 0 aliphatic heterocycles. The summed E-state index contributed by atoms with van der Waals surface area (Å²) in [6, 6.07) is 8.39. The monoisotopic (exact) mass is 325 g/mol. The Morgan fingerprint density at radius 1 is 1.14 bits per heavy atom. The van der Waals surface area contributed by atoms with Crippen molar-refractivity contribution in [3.63, 3.8) is 0 Å². The maximum atomic E-state index is 12.2. The van der Waals surface area contributed by atoms with Crippen molar-refractivity contribution >= 4 is 21.6 Å². The van der Waals surface area contributed by atoms with Gasteiger partial charge >= 0.3 is 0 Å². The Hall–Kier alpha value is -1.47. The predicted octanol–water partition coefficient (Wildman–Crippen LogP) is 1.71. The summed E-state index contributed by atoms with van der Waals surface area (Å²) in [5, 5.41) is 0.175. The summed E-state index contributed by atoms with van der Waals surface area (Å²) in [7, 11) is -3.62. The molecule has 0 bridgehead atoms. The second kappa shape index (κ2) is 7.00. The smallest absolute Gasteiger partial charge is 0.242 e. The second-order valence-electron chi connectivity index (χ2n) is 4.47. The van der Waals surface area contributed by atoms with Crippen LogP contribution in [0.4, 0.5) is 0 Å². The molecule has 7 heteroatoms. The number of nitrogens with two attached hydrogens (primary N) is 1. The number of pyridine rings is 1. The molecule has 21 heavy (non-hydrogen) atoms. The Morgan fingerprint density at radius 2 is 1.86 bits per heavy atom.